The van der Waals surface area contributed by atoms with Gasteiger partial charge in [0.05, 0.1) is 0 Å². The maximum atomic E-state index is 12.0. The first-order chi connectivity index (χ1) is 15.1. The van der Waals surface area contributed by atoms with Crippen molar-refractivity contribution >= 4 is 11.8 Å². The van der Waals surface area contributed by atoms with Gasteiger partial charge < -0.3 is 0 Å². The van der Waals surface area contributed by atoms with E-state index in [1.165, 1.54) is 94.8 Å². The Kier molecular flexibility index (Phi) is 9.87. The second kappa shape index (κ2) is 12.6. The van der Waals surface area contributed by atoms with Crippen molar-refractivity contribution in [2.45, 2.75) is 117 Å². The van der Waals surface area contributed by atoms with Gasteiger partial charge in [0, 0.05) is 17.7 Å². The number of allylic oxidation sites excluding steroid dienone is 2. The molecular weight excluding hydrogens is 382 g/mol. The Hall–Kier alpha value is -1.38. The van der Waals surface area contributed by atoms with Gasteiger partial charge in [-0.25, -0.2) is 0 Å². The number of hydrogen-bond donors (Lipinski definition) is 0. The lowest BCUT2D eigenvalue weighted by atomic mass is 9.88. The molecule has 3 unspecified atom stereocenters. The van der Waals surface area contributed by atoms with Gasteiger partial charge in [-0.1, -0.05) is 89.2 Å². The average molecular weight is 428 g/mol. The van der Waals surface area contributed by atoms with E-state index < -0.39 is 0 Å². The summed E-state index contributed by atoms with van der Waals surface area (Å²) in [5, 5.41) is 0. The van der Waals surface area contributed by atoms with Crippen molar-refractivity contribution in [2.75, 3.05) is 6.54 Å². The second-order valence-electron chi connectivity index (χ2n) is 10.4. The van der Waals surface area contributed by atoms with Crippen molar-refractivity contribution in [3.63, 3.8) is 0 Å². The predicted molar refractivity (Wildman–Crippen MR) is 129 cm³/mol. The van der Waals surface area contributed by atoms with Gasteiger partial charge in [-0.2, -0.15) is 0 Å². The Balaban J connectivity index is 1.04. The third-order valence-electron chi connectivity index (χ3n) is 8.07. The lowest BCUT2D eigenvalue weighted by molar-refractivity contribution is -0.137. The molecule has 1 heterocycles. The minimum absolute atomic E-state index is 0.0828. The molecule has 0 aromatic heterocycles. The highest BCUT2D eigenvalue weighted by Gasteiger charge is 2.34. The maximum absolute atomic E-state index is 12.0. The van der Waals surface area contributed by atoms with E-state index >= 15 is 0 Å². The summed E-state index contributed by atoms with van der Waals surface area (Å²) in [6.07, 6.45) is 26.6. The molecule has 3 heteroatoms. The fourth-order valence-corrected chi connectivity index (χ4v) is 5.87. The maximum Gasteiger partial charge on any atom is 0.256 e. The highest BCUT2D eigenvalue weighted by atomic mass is 16.2. The summed E-state index contributed by atoms with van der Waals surface area (Å²) in [7, 11) is 0. The largest absolute Gasteiger partial charge is 0.275 e. The van der Waals surface area contributed by atoms with Crippen LogP contribution in [0.1, 0.15) is 117 Å². The van der Waals surface area contributed by atoms with E-state index in [0.717, 1.165) is 30.6 Å². The van der Waals surface area contributed by atoms with Gasteiger partial charge in [-0.05, 0) is 57.3 Å². The molecule has 1 saturated carbocycles. The van der Waals surface area contributed by atoms with Crippen LogP contribution in [0.25, 0.3) is 0 Å². The van der Waals surface area contributed by atoms with Crippen LogP contribution in [0.15, 0.2) is 23.3 Å². The molecule has 2 bridgehead atoms. The van der Waals surface area contributed by atoms with Gasteiger partial charge in [0.1, 0.15) is 0 Å². The normalized spacial score (nSPS) is 25.0. The third kappa shape index (κ3) is 7.05. The van der Waals surface area contributed by atoms with Gasteiger partial charge in [0.25, 0.3) is 11.8 Å². The second-order valence-corrected chi connectivity index (χ2v) is 10.4. The molecule has 0 aromatic carbocycles. The number of carbonyl (C=O) groups is 2. The van der Waals surface area contributed by atoms with Crippen molar-refractivity contribution < 1.29 is 9.59 Å². The number of carbonyl (C=O) groups excluding carboxylic acids is 2. The molecule has 3 nitrogen and oxygen atoms in total. The van der Waals surface area contributed by atoms with Crippen LogP contribution < -0.4 is 0 Å². The molecule has 2 aliphatic carbocycles. The summed E-state index contributed by atoms with van der Waals surface area (Å²) in [5.74, 6) is 2.73. The summed E-state index contributed by atoms with van der Waals surface area (Å²) in [5.41, 5.74) is 1.25. The summed E-state index contributed by atoms with van der Waals surface area (Å²) >= 11 is 0. The minimum atomic E-state index is -0.0828. The van der Waals surface area contributed by atoms with Crippen molar-refractivity contribution in [3.05, 3.63) is 23.3 Å². The number of rotatable bonds is 16. The minimum Gasteiger partial charge on any atom is -0.275 e. The molecule has 3 atom stereocenters. The Labute approximate surface area is 190 Å². The lowest BCUT2D eigenvalue weighted by Crippen LogP contribution is -2.32. The number of unbranched alkanes of at least 4 members (excludes halogenated alkanes) is 12. The van der Waals surface area contributed by atoms with Crippen LogP contribution in [0.4, 0.5) is 0 Å². The van der Waals surface area contributed by atoms with Crippen LogP contribution in [0.5, 0.6) is 0 Å². The molecule has 0 radical (unpaired) electrons. The molecule has 1 aliphatic heterocycles. The van der Waals surface area contributed by atoms with Crippen molar-refractivity contribution in [1.29, 1.82) is 0 Å². The summed E-state index contributed by atoms with van der Waals surface area (Å²) < 4.78 is 0. The molecule has 0 N–H and O–H groups in total. The van der Waals surface area contributed by atoms with Gasteiger partial charge in [0.2, 0.25) is 0 Å². The molecule has 3 aliphatic rings. The molecule has 0 aromatic rings. The standard InChI is InChI=1S/C28H45NO2/c1-22-23(2)28(31)29(27(22)30)19-15-13-11-9-7-5-3-4-6-8-10-12-14-16-25-20-24-17-18-26(25)21-24/h17-18,24-26H,3-16,19-21H2,1-2H3. The molecule has 0 spiro atoms. The third-order valence-corrected chi connectivity index (χ3v) is 8.07. The zero-order valence-electron chi connectivity index (χ0n) is 20.2. The van der Waals surface area contributed by atoms with Crippen molar-refractivity contribution in [1.82, 2.24) is 4.90 Å². The molecule has 0 saturated heterocycles. The van der Waals surface area contributed by atoms with Crippen molar-refractivity contribution in [2.24, 2.45) is 17.8 Å². The highest BCUT2D eigenvalue weighted by Crippen LogP contribution is 2.45. The number of imide groups is 1. The first kappa shape index (κ1) is 24.3. The van der Waals surface area contributed by atoms with E-state index in [2.05, 4.69) is 12.2 Å². The SMILES string of the molecule is CC1=C(C)C(=O)N(CCCCCCCCCCCCCCCC2CC3C=CC2C3)C1=O. The Bertz CT molecular complexity index is 638. The zero-order chi connectivity index (χ0) is 22.1. The highest BCUT2D eigenvalue weighted by molar-refractivity contribution is 6.18. The van der Waals surface area contributed by atoms with Crippen LogP contribution in [0.2, 0.25) is 0 Å². The topological polar surface area (TPSA) is 37.4 Å². The molecule has 2 amide bonds. The number of nitrogens with zero attached hydrogens (tertiary/aromatic N) is 1. The van der Waals surface area contributed by atoms with Crippen LogP contribution in [-0.2, 0) is 9.59 Å². The van der Waals surface area contributed by atoms with E-state index in [9.17, 15) is 9.59 Å². The summed E-state index contributed by atoms with van der Waals surface area (Å²) in [4.78, 5) is 25.5. The summed E-state index contributed by atoms with van der Waals surface area (Å²) in [6.45, 7) is 4.10. The van der Waals surface area contributed by atoms with Crippen LogP contribution in [-0.4, -0.2) is 23.3 Å². The van der Waals surface area contributed by atoms with Gasteiger partial charge >= 0.3 is 0 Å². The average Bonchev–Trinajstić information content (AvgIpc) is 3.44. The smallest absolute Gasteiger partial charge is 0.256 e. The van der Waals surface area contributed by atoms with Gasteiger partial charge in [-0.15, -0.1) is 0 Å². The zero-order valence-corrected chi connectivity index (χ0v) is 20.2. The molecule has 1 fully saturated rings. The fraction of sp³-hybridized carbons (Fsp3) is 0.786. The Morgan fingerprint density at radius 3 is 1.61 bits per heavy atom. The van der Waals surface area contributed by atoms with Crippen LogP contribution >= 0.6 is 0 Å². The predicted octanol–water partition coefficient (Wildman–Crippen LogP) is 7.37. The van der Waals surface area contributed by atoms with E-state index in [-0.39, 0.29) is 11.8 Å². The number of fused-ring (bicyclic) bond motifs is 2. The number of amides is 2. The Morgan fingerprint density at radius 1 is 0.677 bits per heavy atom. The first-order valence-corrected chi connectivity index (χ1v) is 13.3. The van der Waals surface area contributed by atoms with Gasteiger partial charge in [-0.3, -0.25) is 14.5 Å². The summed E-state index contributed by atoms with van der Waals surface area (Å²) in [6, 6.07) is 0. The fourth-order valence-electron chi connectivity index (χ4n) is 5.87. The van der Waals surface area contributed by atoms with Crippen LogP contribution in [0.3, 0.4) is 0 Å². The molecular formula is C28H45NO2. The van der Waals surface area contributed by atoms with Crippen LogP contribution in [0, 0.1) is 17.8 Å². The molecule has 3 rings (SSSR count). The number of hydrogen-bond acceptors (Lipinski definition) is 2. The first-order valence-electron chi connectivity index (χ1n) is 13.3. The van der Waals surface area contributed by atoms with E-state index in [0.29, 0.717) is 17.7 Å². The van der Waals surface area contributed by atoms with E-state index in [1.807, 2.05) is 0 Å². The lowest BCUT2D eigenvalue weighted by Gasteiger charge is -2.17. The van der Waals surface area contributed by atoms with E-state index in [4.69, 9.17) is 0 Å². The quantitative estimate of drug-likeness (QED) is 0.146. The van der Waals surface area contributed by atoms with E-state index in [1.54, 1.807) is 13.8 Å². The van der Waals surface area contributed by atoms with Crippen molar-refractivity contribution in [3.8, 4) is 0 Å². The van der Waals surface area contributed by atoms with Gasteiger partial charge in [0.15, 0.2) is 0 Å². The Morgan fingerprint density at radius 2 is 1.16 bits per heavy atom. The molecule has 31 heavy (non-hydrogen) atoms. The molecule has 174 valence electrons. The monoisotopic (exact) mass is 427 g/mol.